The van der Waals surface area contributed by atoms with Crippen LogP contribution in [0, 0.1) is 13.5 Å². The van der Waals surface area contributed by atoms with Gasteiger partial charge in [0, 0.05) is 17.2 Å². The van der Waals surface area contributed by atoms with Crippen molar-refractivity contribution >= 4 is 5.69 Å². The van der Waals surface area contributed by atoms with Gasteiger partial charge in [-0.3, -0.25) is 4.98 Å². The van der Waals surface area contributed by atoms with Crippen LogP contribution in [0.2, 0.25) is 0 Å². The topological polar surface area (TPSA) is 17.2 Å². The van der Waals surface area contributed by atoms with Crippen molar-refractivity contribution in [3.05, 3.63) is 82.8 Å². The number of aryl methyl sites for hydroxylation is 1. The van der Waals surface area contributed by atoms with Crippen LogP contribution in [0.15, 0.2) is 54.7 Å². The smallest absolute Gasteiger partial charge is 0.191 e. The van der Waals surface area contributed by atoms with E-state index in [-0.39, 0.29) is 5.41 Å². The van der Waals surface area contributed by atoms with Crippen molar-refractivity contribution in [1.29, 1.82) is 0 Å². The lowest BCUT2D eigenvalue weighted by atomic mass is 9.79. The van der Waals surface area contributed by atoms with E-state index in [4.69, 9.17) is 6.57 Å². The second-order valence-corrected chi connectivity index (χ2v) is 6.89. The Morgan fingerprint density at radius 1 is 0.875 bits per heavy atom. The first kappa shape index (κ1) is 14.7. The summed E-state index contributed by atoms with van der Waals surface area (Å²) in [4.78, 5) is 8.41. The van der Waals surface area contributed by atoms with Crippen LogP contribution in [-0.4, -0.2) is 4.98 Å². The van der Waals surface area contributed by atoms with E-state index in [0.717, 1.165) is 28.1 Å². The fraction of sp³-hybridized carbons (Fsp3) is 0.182. The zero-order chi connectivity index (χ0) is 16.9. The highest BCUT2D eigenvalue weighted by Gasteiger charge is 2.39. The van der Waals surface area contributed by atoms with Crippen molar-refractivity contribution in [3.63, 3.8) is 0 Å². The van der Waals surface area contributed by atoms with Gasteiger partial charge in [0.15, 0.2) is 5.69 Å². The molecule has 0 amide bonds. The van der Waals surface area contributed by atoms with Crippen LogP contribution < -0.4 is 0 Å². The van der Waals surface area contributed by atoms with Gasteiger partial charge in [0.2, 0.25) is 0 Å². The molecule has 1 aromatic heterocycles. The molecule has 0 saturated carbocycles. The molecular formula is C22H18N2. The molecule has 116 valence electrons. The molecule has 2 heteroatoms. The van der Waals surface area contributed by atoms with E-state index in [2.05, 4.69) is 60.1 Å². The third-order valence-corrected chi connectivity index (χ3v) is 4.95. The molecule has 1 heterocycles. The van der Waals surface area contributed by atoms with E-state index >= 15 is 0 Å². The molecule has 0 bridgehead atoms. The van der Waals surface area contributed by atoms with E-state index in [9.17, 15) is 0 Å². The zero-order valence-corrected chi connectivity index (χ0v) is 14.1. The Bertz CT molecular complexity index is 989. The minimum atomic E-state index is -0.213. The normalized spacial score (nSPS) is 13.9. The van der Waals surface area contributed by atoms with Crippen molar-refractivity contribution in [2.45, 2.75) is 26.2 Å². The van der Waals surface area contributed by atoms with Crippen molar-refractivity contribution in [2.24, 2.45) is 0 Å². The van der Waals surface area contributed by atoms with E-state index in [1.165, 1.54) is 16.7 Å². The maximum absolute atomic E-state index is 7.55. The third kappa shape index (κ3) is 1.91. The van der Waals surface area contributed by atoms with Gasteiger partial charge in [-0.15, -0.1) is 0 Å². The number of fused-ring (bicyclic) bond motifs is 3. The first-order chi connectivity index (χ1) is 11.5. The lowest BCUT2D eigenvalue weighted by molar-refractivity contribution is 0.664. The molecular weight excluding hydrogens is 292 g/mol. The van der Waals surface area contributed by atoms with Crippen LogP contribution in [0.4, 0.5) is 5.69 Å². The van der Waals surface area contributed by atoms with Crippen LogP contribution in [-0.2, 0) is 5.41 Å². The second-order valence-electron chi connectivity index (χ2n) is 6.89. The maximum atomic E-state index is 7.55. The average Bonchev–Trinajstić information content (AvgIpc) is 2.84. The predicted molar refractivity (Wildman–Crippen MR) is 98.2 cm³/mol. The quantitative estimate of drug-likeness (QED) is 0.510. The second kappa shape index (κ2) is 5.04. The number of benzene rings is 2. The number of hydrogen-bond acceptors (Lipinski definition) is 1. The molecule has 24 heavy (non-hydrogen) atoms. The van der Waals surface area contributed by atoms with Gasteiger partial charge in [0.25, 0.3) is 0 Å². The Hall–Kier alpha value is -2.92. The van der Waals surface area contributed by atoms with Gasteiger partial charge in [-0.1, -0.05) is 56.3 Å². The van der Waals surface area contributed by atoms with Crippen molar-refractivity contribution in [2.75, 3.05) is 0 Å². The summed E-state index contributed by atoms with van der Waals surface area (Å²) in [6.45, 7) is 14.0. The molecule has 1 aliphatic rings. The van der Waals surface area contributed by atoms with E-state index in [1.807, 2.05) is 25.3 Å². The fourth-order valence-electron chi connectivity index (χ4n) is 3.93. The maximum Gasteiger partial charge on any atom is 0.191 e. The van der Waals surface area contributed by atoms with Crippen LogP contribution in [0.25, 0.3) is 27.2 Å². The van der Waals surface area contributed by atoms with Crippen molar-refractivity contribution in [1.82, 2.24) is 4.98 Å². The Kier molecular flexibility index (Phi) is 3.08. The SMILES string of the molecule is [C-]#[N+]c1cccc2c1C(C)(C)c1c(-c3ccc(C)cn3)cccc1-2. The molecule has 2 nitrogen and oxygen atoms in total. The monoisotopic (exact) mass is 310 g/mol. The molecule has 0 saturated heterocycles. The highest BCUT2D eigenvalue weighted by atomic mass is 14.7. The van der Waals surface area contributed by atoms with E-state index < -0.39 is 0 Å². The molecule has 0 atom stereocenters. The van der Waals surface area contributed by atoms with Gasteiger partial charge in [0.05, 0.1) is 12.3 Å². The summed E-state index contributed by atoms with van der Waals surface area (Å²) in [5.74, 6) is 0. The third-order valence-electron chi connectivity index (χ3n) is 4.95. The number of rotatable bonds is 1. The molecule has 1 aliphatic carbocycles. The highest BCUT2D eigenvalue weighted by molar-refractivity contribution is 5.90. The predicted octanol–water partition coefficient (Wildman–Crippen LogP) is 5.91. The first-order valence-electron chi connectivity index (χ1n) is 8.12. The van der Waals surface area contributed by atoms with Gasteiger partial charge >= 0.3 is 0 Å². The van der Waals surface area contributed by atoms with Gasteiger partial charge in [0.1, 0.15) is 0 Å². The highest BCUT2D eigenvalue weighted by Crippen LogP contribution is 2.54. The summed E-state index contributed by atoms with van der Waals surface area (Å²) in [5, 5.41) is 0. The summed E-state index contributed by atoms with van der Waals surface area (Å²) in [6, 6.07) is 16.6. The van der Waals surface area contributed by atoms with Crippen molar-refractivity contribution in [3.8, 4) is 22.4 Å². The molecule has 0 unspecified atom stereocenters. The molecule has 2 aromatic carbocycles. The van der Waals surface area contributed by atoms with Crippen LogP contribution in [0.1, 0.15) is 30.5 Å². The van der Waals surface area contributed by atoms with Crippen LogP contribution >= 0.6 is 0 Å². The summed E-state index contributed by atoms with van der Waals surface area (Å²) < 4.78 is 0. The minimum absolute atomic E-state index is 0.213. The number of pyridine rings is 1. The van der Waals surface area contributed by atoms with E-state index in [1.54, 1.807) is 0 Å². The van der Waals surface area contributed by atoms with Gasteiger partial charge in [-0.2, -0.15) is 0 Å². The standard InChI is InChI=1S/C22H18N2/c1-14-11-12-18(24-13-14)17-9-5-7-15-16-8-6-10-19(23-4)21(16)22(2,3)20(15)17/h5-13H,1-3H3. The average molecular weight is 310 g/mol. The van der Waals surface area contributed by atoms with Gasteiger partial charge in [-0.25, -0.2) is 4.85 Å². The molecule has 0 spiro atoms. The molecule has 0 aliphatic heterocycles. The Balaban J connectivity index is 2.04. The summed E-state index contributed by atoms with van der Waals surface area (Å²) in [6.07, 6.45) is 1.91. The molecule has 0 fully saturated rings. The summed E-state index contributed by atoms with van der Waals surface area (Å²) in [5.41, 5.74) is 8.64. The molecule has 4 rings (SSSR count). The Morgan fingerprint density at radius 2 is 1.54 bits per heavy atom. The largest absolute Gasteiger partial charge is 0.256 e. The lowest BCUT2D eigenvalue weighted by Gasteiger charge is -2.25. The molecule has 0 N–H and O–H groups in total. The number of aromatic nitrogens is 1. The number of nitrogens with zero attached hydrogens (tertiary/aromatic N) is 2. The van der Waals surface area contributed by atoms with Crippen LogP contribution in [0.5, 0.6) is 0 Å². The number of hydrogen-bond donors (Lipinski definition) is 0. The lowest BCUT2D eigenvalue weighted by Crippen LogP contribution is -2.16. The van der Waals surface area contributed by atoms with Crippen molar-refractivity contribution < 1.29 is 0 Å². The van der Waals surface area contributed by atoms with Gasteiger partial charge in [-0.05, 0) is 40.8 Å². The van der Waals surface area contributed by atoms with Gasteiger partial charge < -0.3 is 0 Å². The van der Waals surface area contributed by atoms with Crippen LogP contribution in [0.3, 0.4) is 0 Å². The summed E-state index contributed by atoms with van der Waals surface area (Å²) >= 11 is 0. The molecule has 0 radical (unpaired) electrons. The molecule has 3 aromatic rings. The first-order valence-corrected chi connectivity index (χ1v) is 8.12. The summed E-state index contributed by atoms with van der Waals surface area (Å²) in [7, 11) is 0. The van der Waals surface area contributed by atoms with E-state index in [0.29, 0.717) is 0 Å². The fourth-order valence-corrected chi connectivity index (χ4v) is 3.93. The Morgan fingerprint density at radius 3 is 2.21 bits per heavy atom. The zero-order valence-electron chi connectivity index (χ0n) is 14.1. The Labute approximate surface area is 142 Å². The minimum Gasteiger partial charge on any atom is -0.256 e.